The van der Waals surface area contributed by atoms with E-state index in [1.54, 1.807) is 36.4 Å². The summed E-state index contributed by atoms with van der Waals surface area (Å²) in [4.78, 5) is 0. The van der Waals surface area contributed by atoms with Crippen LogP contribution in [0.15, 0.2) is 40.8 Å². The summed E-state index contributed by atoms with van der Waals surface area (Å²) in [5, 5.41) is 10.6. The van der Waals surface area contributed by atoms with E-state index in [1.165, 1.54) is 0 Å². The van der Waals surface area contributed by atoms with E-state index in [0.717, 1.165) is 0 Å². The van der Waals surface area contributed by atoms with Gasteiger partial charge in [-0.2, -0.15) is 0 Å². The summed E-state index contributed by atoms with van der Waals surface area (Å²) in [5.41, 5.74) is 0. The average Bonchev–Trinajstić information content (AvgIpc) is 2.75. The summed E-state index contributed by atoms with van der Waals surface area (Å²) in [6.07, 6.45) is -0.849. The molecule has 1 aromatic heterocycles. The normalized spacial score (nSPS) is 12.4. The maximum Gasteiger partial charge on any atom is 0.193 e. The second kappa shape index (κ2) is 5.45. The summed E-state index contributed by atoms with van der Waals surface area (Å²) >= 11 is 11.3. The molecular formula is C12H10Cl2O3. The Morgan fingerprint density at radius 2 is 1.82 bits per heavy atom. The molecule has 0 saturated carbocycles. The Balaban J connectivity index is 1.92. The zero-order valence-electron chi connectivity index (χ0n) is 8.77. The van der Waals surface area contributed by atoms with Crippen molar-refractivity contribution in [3.8, 4) is 5.75 Å². The van der Waals surface area contributed by atoms with Crippen LogP contribution in [-0.2, 0) is 0 Å². The number of hydrogen-bond donors (Lipinski definition) is 1. The van der Waals surface area contributed by atoms with Gasteiger partial charge in [0.1, 0.15) is 24.2 Å². The third-order valence-corrected chi connectivity index (χ3v) is 2.60. The second-order valence-corrected chi connectivity index (χ2v) is 4.23. The fourth-order valence-corrected chi connectivity index (χ4v) is 1.57. The quantitative estimate of drug-likeness (QED) is 0.923. The van der Waals surface area contributed by atoms with Crippen LogP contribution in [0.25, 0.3) is 0 Å². The molecule has 0 radical (unpaired) electrons. The van der Waals surface area contributed by atoms with Gasteiger partial charge in [-0.25, -0.2) is 0 Å². The summed E-state index contributed by atoms with van der Waals surface area (Å²) in [7, 11) is 0. The topological polar surface area (TPSA) is 42.6 Å². The highest BCUT2D eigenvalue weighted by Crippen LogP contribution is 2.21. The molecule has 1 aromatic carbocycles. The molecule has 1 atom stereocenters. The van der Waals surface area contributed by atoms with Crippen molar-refractivity contribution in [2.45, 2.75) is 6.10 Å². The van der Waals surface area contributed by atoms with Crippen LogP contribution in [0.3, 0.4) is 0 Å². The average molecular weight is 273 g/mol. The first-order valence-electron chi connectivity index (χ1n) is 4.97. The highest BCUT2D eigenvalue weighted by molar-refractivity contribution is 6.30. The zero-order chi connectivity index (χ0) is 12.3. The van der Waals surface area contributed by atoms with Crippen molar-refractivity contribution in [2.75, 3.05) is 6.61 Å². The van der Waals surface area contributed by atoms with Crippen molar-refractivity contribution >= 4 is 23.2 Å². The van der Waals surface area contributed by atoms with Crippen LogP contribution in [0, 0.1) is 0 Å². The number of halogens is 2. The predicted octanol–water partition coefficient (Wildman–Crippen LogP) is 3.70. The van der Waals surface area contributed by atoms with E-state index in [9.17, 15) is 5.11 Å². The minimum Gasteiger partial charge on any atom is -0.490 e. The smallest absolute Gasteiger partial charge is 0.193 e. The van der Waals surface area contributed by atoms with E-state index >= 15 is 0 Å². The molecule has 2 aromatic rings. The Morgan fingerprint density at radius 1 is 1.12 bits per heavy atom. The van der Waals surface area contributed by atoms with Crippen LogP contribution < -0.4 is 4.74 Å². The molecule has 0 aliphatic heterocycles. The minimum absolute atomic E-state index is 0.0888. The molecule has 1 N–H and O–H groups in total. The molecular weight excluding hydrogens is 263 g/mol. The number of ether oxygens (including phenoxy) is 1. The summed E-state index contributed by atoms with van der Waals surface area (Å²) in [6.45, 7) is 0.0888. The molecule has 0 bridgehead atoms. The first-order chi connectivity index (χ1) is 8.15. The molecule has 0 amide bonds. The van der Waals surface area contributed by atoms with Crippen LogP contribution in [0.4, 0.5) is 0 Å². The van der Waals surface area contributed by atoms with E-state index in [0.29, 0.717) is 16.5 Å². The van der Waals surface area contributed by atoms with Crippen molar-refractivity contribution in [3.05, 3.63) is 52.4 Å². The third kappa shape index (κ3) is 3.40. The number of furan rings is 1. The van der Waals surface area contributed by atoms with Gasteiger partial charge in [0.05, 0.1) is 0 Å². The zero-order valence-corrected chi connectivity index (χ0v) is 10.3. The van der Waals surface area contributed by atoms with Crippen LogP contribution in [0.5, 0.6) is 5.75 Å². The van der Waals surface area contributed by atoms with Gasteiger partial charge in [0, 0.05) is 5.02 Å². The number of benzene rings is 1. The second-order valence-electron chi connectivity index (χ2n) is 3.42. The highest BCUT2D eigenvalue weighted by atomic mass is 35.5. The number of hydrogen-bond acceptors (Lipinski definition) is 3. The molecule has 17 heavy (non-hydrogen) atoms. The molecule has 2 rings (SSSR count). The van der Waals surface area contributed by atoms with Crippen molar-refractivity contribution in [3.63, 3.8) is 0 Å². The van der Waals surface area contributed by atoms with Gasteiger partial charge < -0.3 is 14.3 Å². The van der Waals surface area contributed by atoms with Gasteiger partial charge in [-0.05, 0) is 48.0 Å². The molecule has 90 valence electrons. The van der Waals surface area contributed by atoms with Crippen molar-refractivity contribution in [1.29, 1.82) is 0 Å². The molecule has 5 heteroatoms. The van der Waals surface area contributed by atoms with Crippen molar-refractivity contribution in [1.82, 2.24) is 0 Å². The standard InChI is InChI=1S/C12H10Cl2O3/c13-8-1-3-9(4-2-8)16-7-10(15)11-5-6-12(14)17-11/h1-6,10,15H,7H2. The summed E-state index contributed by atoms with van der Waals surface area (Å²) in [6, 6.07) is 10.1. The fourth-order valence-electron chi connectivity index (χ4n) is 1.30. The maximum atomic E-state index is 9.75. The molecule has 0 saturated heterocycles. The van der Waals surface area contributed by atoms with E-state index in [-0.39, 0.29) is 11.8 Å². The van der Waals surface area contributed by atoms with Gasteiger partial charge in [0.25, 0.3) is 0 Å². The van der Waals surface area contributed by atoms with Crippen molar-refractivity contribution < 1.29 is 14.3 Å². The highest BCUT2D eigenvalue weighted by Gasteiger charge is 2.12. The number of aliphatic hydroxyl groups excluding tert-OH is 1. The first kappa shape index (κ1) is 12.3. The van der Waals surface area contributed by atoms with E-state index in [4.69, 9.17) is 32.4 Å². The Morgan fingerprint density at radius 3 is 2.41 bits per heavy atom. The van der Waals surface area contributed by atoms with Gasteiger partial charge in [0.15, 0.2) is 5.22 Å². The van der Waals surface area contributed by atoms with E-state index in [2.05, 4.69) is 0 Å². The summed E-state index contributed by atoms with van der Waals surface area (Å²) < 4.78 is 10.4. The van der Waals surface area contributed by atoms with Crippen LogP contribution >= 0.6 is 23.2 Å². The molecule has 0 aliphatic carbocycles. The van der Waals surface area contributed by atoms with Gasteiger partial charge in [-0.1, -0.05) is 11.6 Å². The molecule has 3 nitrogen and oxygen atoms in total. The Kier molecular flexibility index (Phi) is 3.94. The lowest BCUT2D eigenvalue weighted by Gasteiger charge is -2.10. The third-order valence-electron chi connectivity index (χ3n) is 2.14. The molecule has 1 unspecified atom stereocenters. The Labute approximate surface area is 109 Å². The molecule has 0 aliphatic rings. The van der Waals surface area contributed by atoms with E-state index in [1.807, 2.05) is 0 Å². The lowest BCUT2D eigenvalue weighted by molar-refractivity contribution is 0.0889. The van der Waals surface area contributed by atoms with Crippen LogP contribution in [0.2, 0.25) is 10.2 Å². The largest absolute Gasteiger partial charge is 0.490 e. The Hall–Kier alpha value is -1.16. The Bertz CT molecular complexity index is 479. The fraction of sp³-hybridized carbons (Fsp3) is 0.167. The van der Waals surface area contributed by atoms with Gasteiger partial charge in [-0.15, -0.1) is 0 Å². The number of aliphatic hydroxyl groups is 1. The van der Waals surface area contributed by atoms with Crippen molar-refractivity contribution in [2.24, 2.45) is 0 Å². The monoisotopic (exact) mass is 272 g/mol. The first-order valence-corrected chi connectivity index (χ1v) is 5.72. The molecule has 0 spiro atoms. The minimum atomic E-state index is -0.849. The molecule has 0 fully saturated rings. The SMILES string of the molecule is OC(COc1ccc(Cl)cc1)c1ccc(Cl)o1. The van der Waals surface area contributed by atoms with Gasteiger partial charge in [-0.3, -0.25) is 0 Å². The van der Waals surface area contributed by atoms with Crippen LogP contribution in [-0.4, -0.2) is 11.7 Å². The predicted molar refractivity (Wildman–Crippen MR) is 65.6 cm³/mol. The lowest BCUT2D eigenvalue weighted by atomic mass is 10.3. The van der Waals surface area contributed by atoms with E-state index < -0.39 is 6.10 Å². The van der Waals surface area contributed by atoms with Gasteiger partial charge >= 0.3 is 0 Å². The number of rotatable bonds is 4. The van der Waals surface area contributed by atoms with Gasteiger partial charge in [0.2, 0.25) is 0 Å². The molecule has 1 heterocycles. The maximum absolute atomic E-state index is 9.75. The van der Waals surface area contributed by atoms with Crippen LogP contribution in [0.1, 0.15) is 11.9 Å². The lowest BCUT2D eigenvalue weighted by Crippen LogP contribution is -2.08. The summed E-state index contributed by atoms with van der Waals surface area (Å²) in [5.74, 6) is 1.01.